The van der Waals surface area contributed by atoms with Crippen LogP contribution in [0.2, 0.25) is 0 Å². The summed E-state index contributed by atoms with van der Waals surface area (Å²) >= 11 is 1.25. The number of benzene rings is 1. The van der Waals surface area contributed by atoms with Crippen molar-refractivity contribution < 1.29 is 12.9 Å². The second-order valence-electron chi connectivity index (χ2n) is 4.28. The largest absolute Gasteiger partial charge is 0.356 e. The third-order valence-corrected chi connectivity index (χ3v) is 4.80. The number of thiazole rings is 1. The number of nitrogens with zero attached hydrogens (tertiary/aromatic N) is 2. The van der Waals surface area contributed by atoms with E-state index in [1.54, 1.807) is 24.4 Å². The van der Waals surface area contributed by atoms with Crippen LogP contribution < -0.4 is 4.72 Å². The highest BCUT2D eigenvalue weighted by atomic mass is 32.2. The number of rotatable bonds is 4. The van der Waals surface area contributed by atoms with Crippen LogP contribution in [0.25, 0.3) is 11.0 Å². The number of sulfonamides is 1. The molecule has 0 bridgehead atoms. The Labute approximate surface area is 119 Å². The molecule has 0 aliphatic heterocycles. The molecule has 20 heavy (non-hydrogen) atoms. The lowest BCUT2D eigenvalue weighted by Gasteiger charge is -2.02. The Kier molecular flexibility index (Phi) is 3.19. The summed E-state index contributed by atoms with van der Waals surface area (Å²) in [6, 6.07) is 7.15. The van der Waals surface area contributed by atoms with E-state index in [1.165, 1.54) is 11.3 Å². The van der Waals surface area contributed by atoms with Gasteiger partial charge in [0.25, 0.3) is 0 Å². The zero-order valence-corrected chi connectivity index (χ0v) is 12.2. The summed E-state index contributed by atoms with van der Waals surface area (Å²) in [7, 11) is -3.56. The lowest BCUT2D eigenvalue weighted by atomic mass is 10.2. The molecule has 2 heterocycles. The molecular weight excluding hydrogens is 298 g/mol. The monoisotopic (exact) mass is 309 g/mol. The van der Waals surface area contributed by atoms with Gasteiger partial charge in [-0.15, -0.1) is 11.3 Å². The molecule has 0 unspecified atom stereocenters. The maximum atomic E-state index is 12.1. The van der Waals surface area contributed by atoms with Crippen molar-refractivity contribution in [2.75, 3.05) is 4.72 Å². The summed E-state index contributed by atoms with van der Waals surface area (Å²) < 4.78 is 31.7. The van der Waals surface area contributed by atoms with Crippen molar-refractivity contribution in [2.24, 2.45) is 0 Å². The number of aromatic nitrogens is 2. The van der Waals surface area contributed by atoms with Crippen molar-refractivity contribution in [3.05, 3.63) is 41.0 Å². The number of para-hydroxylation sites is 1. The molecule has 0 saturated carbocycles. The lowest BCUT2D eigenvalue weighted by molar-refractivity contribution is 0.448. The van der Waals surface area contributed by atoms with E-state index < -0.39 is 10.0 Å². The minimum absolute atomic E-state index is 0.247. The van der Waals surface area contributed by atoms with E-state index in [0.717, 1.165) is 5.69 Å². The number of anilines is 1. The first-order chi connectivity index (χ1) is 9.53. The van der Waals surface area contributed by atoms with E-state index in [-0.39, 0.29) is 5.75 Å². The van der Waals surface area contributed by atoms with Crippen LogP contribution >= 0.6 is 11.3 Å². The Bertz CT molecular complexity index is 852. The van der Waals surface area contributed by atoms with Gasteiger partial charge in [-0.2, -0.15) is 0 Å². The van der Waals surface area contributed by atoms with E-state index in [2.05, 4.69) is 14.9 Å². The third kappa shape index (κ3) is 2.66. The van der Waals surface area contributed by atoms with E-state index in [4.69, 9.17) is 4.52 Å². The van der Waals surface area contributed by atoms with Crippen LogP contribution in [0, 0.1) is 6.92 Å². The molecule has 6 nitrogen and oxygen atoms in total. The van der Waals surface area contributed by atoms with Crippen LogP contribution in [-0.2, 0) is 15.8 Å². The fourth-order valence-electron chi connectivity index (χ4n) is 1.79. The number of hydrogen-bond acceptors (Lipinski definition) is 6. The second-order valence-corrected chi connectivity index (χ2v) is 6.86. The molecule has 0 spiro atoms. The highest BCUT2D eigenvalue weighted by molar-refractivity contribution is 7.92. The Hall–Kier alpha value is -1.93. The van der Waals surface area contributed by atoms with Crippen LogP contribution in [-0.4, -0.2) is 18.6 Å². The minimum atomic E-state index is -3.56. The van der Waals surface area contributed by atoms with Crippen LogP contribution in [0.5, 0.6) is 0 Å². The number of nitrogens with one attached hydrogen (secondary N) is 1. The molecule has 0 saturated heterocycles. The first-order valence-corrected chi connectivity index (χ1v) is 8.32. The van der Waals surface area contributed by atoms with Gasteiger partial charge in [0.2, 0.25) is 10.0 Å². The van der Waals surface area contributed by atoms with E-state index in [9.17, 15) is 8.42 Å². The van der Waals surface area contributed by atoms with Gasteiger partial charge < -0.3 is 4.52 Å². The average Bonchev–Trinajstić information content (AvgIpc) is 2.96. The maximum Gasteiger partial charge on any atom is 0.240 e. The van der Waals surface area contributed by atoms with Crippen molar-refractivity contribution in [1.29, 1.82) is 0 Å². The van der Waals surface area contributed by atoms with E-state index >= 15 is 0 Å². The average molecular weight is 309 g/mol. The maximum absolute atomic E-state index is 12.1. The number of fused-ring (bicyclic) bond motifs is 1. The molecule has 104 valence electrons. The topological polar surface area (TPSA) is 85.1 Å². The second kappa shape index (κ2) is 4.88. The van der Waals surface area contributed by atoms with Crippen molar-refractivity contribution in [3.8, 4) is 0 Å². The molecule has 3 rings (SSSR count). The van der Waals surface area contributed by atoms with E-state index in [0.29, 0.717) is 21.8 Å². The zero-order chi connectivity index (χ0) is 14.2. The summed E-state index contributed by atoms with van der Waals surface area (Å²) in [6.07, 6.45) is 0. The van der Waals surface area contributed by atoms with Gasteiger partial charge in [-0.05, 0) is 19.1 Å². The fourth-order valence-corrected chi connectivity index (χ4v) is 3.85. The smallest absolute Gasteiger partial charge is 0.240 e. The van der Waals surface area contributed by atoms with Gasteiger partial charge in [-0.3, -0.25) is 4.72 Å². The first-order valence-electron chi connectivity index (χ1n) is 5.79. The quantitative estimate of drug-likeness (QED) is 0.800. The summed E-state index contributed by atoms with van der Waals surface area (Å²) in [6.45, 7) is 1.80. The summed E-state index contributed by atoms with van der Waals surface area (Å²) in [5, 5.41) is 6.66. The zero-order valence-electron chi connectivity index (χ0n) is 10.5. The van der Waals surface area contributed by atoms with Crippen molar-refractivity contribution >= 4 is 37.5 Å². The molecule has 3 aromatic rings. The molecule has 0 aliphatic rings. The van der Waals surface area contributed by atoms with Gasteiger partial charge in [0.1, 0.15) is 11.4 Å². The fraction of sp³-hybridized carbons (Fsp3) is 0.167. The molecule has 1 aromatic carbocycles. The van der Waals surface area contributed by atoms with E-state index in [1.807, 2.05) is 12.1 Å². The van der Waals surface area contributed by atoms with Gasteiger partial charge in [-0.25, -0.2) is 13.4 Å². The van der Waals surface area contributed by atoms with Crippen molar-refractivity contribution in [3.63, 3.8) is 0 Å². The Morgan fingerprint density at radius 3 is 2.90 bits per heavy atom. The van der Waals surface area contributed by atoms with Gasteiger partial charge in [-0.1, -0.05) is 17.3 Å². The summed E-state index contributed by atoms with van der Waals surface area (Å²) in [5.74, 6) is -0.247. The number of aryl methyl sites for hydroxylation is 1. The molecular formula is C12H11N3O3S2. The highest BCUT2D eigenvalue weighted by Crippen LogP contribution is 2.22. The molecule has 0 aliphatic carbocycles. The summed E-state index contributed by atoms with van der Waals surface area (Å²) in [5.41, 5.74) is 1.74. The van der Waals surface area contributed by atoms with Crippen molar-refractivity contribution in [1.82, 2.24) is 10.1 Å². The normalized spacial score (nSPS) is 11.8. The van der Waals surface area contributed by atoms with Crippen LogP contribution in [0.4, 0.5) is 5.13 Å². The molecule has 0 fully saturated rings. The Morgan fingerprint density at radius 1 is 1.35 bits per heavy atom. The molecule has 0 atom stereocenters. The number of hydrogen-bond donors (Lipinski definition) is 1. The SMILES string of the molecule is Cc1csc(NS(=O)(=O)Cc2noc3ccccc23)n1. The van der Waals surface area contributed by atoms with Crippen LogP contribution in [0.3, 0.4) is 0 Å². The third-order valence-electron chi connectivity index (χ3n) is 2.64. The highest BCUT2D eigenvalue weighted by Gasteiger charge is 2.18. The van der Waals surface area contributed by atoms with Crippen molar-refractivity contribution in [2.45, 2.75) is 12.7 Å². The predicted molar refractivity (Wildman–Crippen MR) is 77.1 cm³/mol. The molecule has 0 radical (unpaired) electrons. The lowest BCUT2D eigenvalue weighted by Crippen LogP contribution is -2.15. The van der Waals surface area contributed by atoms with Gasteiger partial charge in [0.15, 0.2) is 10.7 Å². The minimum Gasteiger partial charge on any atom is -0.356 e. The van der Waals surface area contributed by atoms with Crippen LogP contribution in [0.1, 0.15) is 11.4 Å². The van der Waals surface area contributed by atoms with Gasteiger partial charge >= 0.3 is 0 Å². The molecule has 0 amide bonds. The standard InChI is InChI=1S/C12H11N3O3S2/c1-8-6-19-12(13-8)15-20(16,17)7-10-9-4-2-3-5-11(9)18-14-10/h2-6H,7H2,1H3,(H,13,15). The predicted octanol–water partition coefficient (Wildman–Crippen LogP) is 2.53. The van der Waals surface area contributed by atoms with Gasteiger partial charge in [0, 0.05) is 10.8 Å². The Balaban J connectivity index is 1.86. The molecule has 2 aromatic heterocycles. The summed E-state index contributed by atoms with van der Waals surface area (Å²) in [4.78, 5) is 4.07. The molecule has 8 heteroatoms. The van der Waals surface area contributed by atoms with Gasteiger partial charge in [0.05, 0.1) is 5.69 Å². The van der Waals surface area contributed by atoms with Crippen LogP contribution in [0.15, 0.2) is 34.2 Å². The Morgan fingerprint density at radius 2 is 2.15 bits per heavy atom. The molecule has 1 N–H and O–H groups in total. The first kappa shape index (κ1) is 13.1.